The van der Waals surface area contributed by atoms with E-state index < -0.39 is 5.97 Å². The first-order chi connectivity index (χ1) is 24.9. The summed E-state index contributed by atoms with van der Waals surface area (Å²) in [5.74, 6) is 2.50. The molecule has 1 saturated carbocycles. The smallest absolute Gasteiger partial charge is 0.343 e. The third kappa shape index (κ3) is 8.46. The fourth-order valence-corrected chi connectivity index (χ4v) is 7.66. The molecule has 0 radical (unpaired) electrons. The molecule has 0 N–H and O–H groups in total. The molecule has 4 aromatic carbocycles. The van der Waals surface area contributed by atoms with Crippen LogP contribution in [0.2, 0.25) is 0 Å². The zero-order valence-corrected chi connectivity index (χ0v) is 32.7. The predicted molar refractivity (Wildman–Crippen MR) is 211 cm³/mol. The lowest BCUT2D eigenvalue weighted by molar-refractivity contribution is 0.0732. The second-order valence-corrected chi connectivity index (χ2v) is 15.4. The number of benzene rings is 4. The van der Waals surface area contributed by atoms with E-state index >= 15 is 0 Å². The molecule has 52 heavy (non-hydrogen) atoms. The molecule has 1 unspecified atom stereocenters. The Morgan fingerprint density at radius 3 is 1.65 bits per heavy atom. The van der Waals surface area contributed by atoms with E-state index in [1.807, 2.05) is 44.2 Å². The summed E-state index contributed by atoms with van der Waals surface area (Å²) in [7, 11) is 0. The van der Waals surface area contributed by atoms with Crippen molar-refractivity contribution in [2.24, 2.45) is 5.41 Å². The van der Waals surface area contributed by atoms with Gasteiger partial charge in [-0.05, 0) is 142 Å². The molecule has 276 valence electrons. The Balaban J connectivity index is 1.27. The van der Waals surface area contributed by atoms with Crippen molar-refractivity contribution in [2.75, 3.05) is 0 Å². The molecule has 4 aromatic rings. The van der Waals surface area contributed by atoms with Gasteiger partial charge in [0, 0.05) is 16.4 Å². The molecule has 1 fully saturated rings. The topological polar surface area (TPSA) is 61.8 Å². The Morgan fingerprint density at radius 1 is 0.654 bits per heavy atom. The number of hydrogen-bond donors (Lipinski definition) is 0. The van der Waals surface area contributed by atoms with Crippen molar-refractivity contribution in [1.82, 2.24) is 0 Å². The first-order valence-corrected chi connectivity index (χ1v) is 19.5. The molecular formula is C47H58O5. The van der Waals surface area contributed by atoms with E-state index in [0.29, 0.717) is 28.4 Å². The molecular weight excluding hydrogens is 645 g/mol. The second kappa shape index (κ2) is 16.5. The maximum Gasteiger partial charge on any atom is 0.343 e. The molecule has 5 nitrogen and oxygen atoms in total. The van der Waals surface area contributed by atoms with Crippen molar-refractivity contribution in [2.45, 2.75) is 131 Å². The van der Waals surface area contributed by atoms with E-state index in [1.165, 1.54) is 36.0 Å². The largest absolute Gasteiger partial charge is 0.487 e. The van der Waals surface area contributed by atoms with E-state index in [1.54, 1.807) is 24.3 Å². The summed E-state index contributed by atoms with van der Waals surface area (Å²) in [5.41, 5.74) is 5.22. The van der Waals surface area contributed by atoms with Crippen molar-refractivity contribution in [3.8, 4) is 23.0 Å². The van der Waals surface area contributed by atoms with Gasteiger partial charge in [0.1, 0.15) is 28.6 Å². The van der Waals surface area contributed by atoms with Gasteiger partial charge in [0.2, 0.25) is 0 Å². The zero-order chi connectivity index (χ0) is 37.5. The van der Waals surface area contributed by atoms with E-state index in [2.05, 4.69) is 71.9 Å². The molecule has 0 spiro atoms. The molecule has 1 aliphatic rings. The van der Waals surface area contributed by atoms with Crippen LogP contribution in [0.5, 0.6) is 23.0 Å². The molecule has 0 saturated heterocycles. The number of Topliss-reactive ketones (excluding diaryl/α,β-unsaturated/α-hetero) is 1. The third-order valence-corrected chi connectivity index (χ3v) is 11.8. The van der Waals surface area contributed by atoms with Crippen molar-refractivity contribution in [1.29, 1.82) is 0 Å². The highest BCUT2D eigenvalue weighted by Gasteiger charge is 2.37. The average Bonchev–Trinajstić information content (AvgIpc) is 3.17. The summed E-state index contributed by atoms with van der Waals surface area (Å²) in [6.07, 6.45) is 10.3. The van der Waals surface area contributed by atoms with E-state index in [0.717, 1.165) is 56.3 Å². The lowest BCUT2D eigenvalue weighted by Crippen LogP contribution is -2.32. The van der Waals surface area contributed by atoms with Gasteiger partial charge in [-0.25, -0.2) is 4.79 Å². The van der Waals surface area contributed by atoms with Crippen LogP contribution in [0.3, 0.4) is 0 Å². The SMILES string of the molecule is CCCC(C)(CC)C(=O)c1ccc(Oc2ccc(C(=O)Oc3ccc(C4(c5ccc(OC(C)(CC)CC)c(C)c5)CCCCC4)cc3C)cc2)cc1. The molecule has 5 rings (SSSR count). The summed E-state index contributed by atoms with van der Waals surface area (Å²) >= 11 is 0. The van der Waals surface area contributed by atoms with Gasteiger partial charge in [-0.15, -0.1) is 0 Å². The Hall–Kier alpha value is -4.38. The normalized spacial score (nSPS) is 15.4. The first-order valence-electron chi connectivity index (χ1n) is 19.5. The standard InChI is InChI=1S/C47H58O5/c1-9-28-45(7,10-2)43(48)35-16-22-39(23-17-35)50-40-24-18-36(19-25-40)44(49)51-41-26-20-37(31-33(41)5)47(29-14-13-15-30-47)38-21-27-42(34(6)32-38)52-46(8,11-3)12-4/h16-27,31-32H,9-15,28-30H2,1-8H3. The summed E-state index contributed by atoms with van der Waals surface area (Å²) in [4.78, 5) is 26.4. The van der Waals surface area contributed by atoms with Crippen LogP contribution in [0.4, 0.5) is 0 Å². The maximum atomic E-state index is 13.3. The molecule has 1 atom stereocenters. The molecule has 0 amide bonds. The minimum Gasteiger partial charge on any atom is -0.487 e. The van der Waals surface area contributed by atoms with Crippen LogP contribution >= 0.6 is 0 Å². The van der Waals surface area contributed by atoms with Gasteiger partial charge in [-0.3, -0.25) is 4.79 Å². The maximum absolute atomic E-state index is 13.3. The minimum absolute atomic E-state index is 0.0928. The highest BCUT2D eigenvalue weighted by atomic mass is 16.5. The number of carbonyl (C=O) groups excluding carboxylic acids is 2. The van der Waals surface area contributed by atoms with Crippen molar-refractivity contribution in [3.05, 3.63) is 118 Å². The third-order valence-electron chi connectivity index (χ3n) is 11.8. The number of ketones is 1. The number of hydrogen-bond acceptors (Lipinski definition) is 5. The van der Waals surface area contributed by atoms with Crippen molar-refractivity contribution < 1.29 is 23.8 Å². The van der Waals surface area contributed by atoms with Gasteiger partial charge >= 0.3 is 5.97 Å². The molecule has 0 heterocycles. The van der Waals surface area contributed by atoms with Gasteiger partial charge in [0.05, 0.1) is 5.56 Å². The Kier molecular flexibility index (Phi) is 12.3. The van der Waals surface area contributed by atoms with Crippen molar-refractivity contribution >= 4 is 11.8 Å². The number of rotatable bonds is 15. The predicted octanol–water partition coefficient (Wildman–Crippen LogP) is 12.9. The fraction of sp³-hybridized carbons (Fsp3) is 0.447. The molecule has 0 bridgehead atoms. The van der Waals surface area contributed by atoms with Gasteiger partial charge < -0.3 is 14.2 Å². The highest BCUT2D eigenvalue weighted by Crippen LogP contribution is 2.47. The van der Waals surface area contributed by atoms with Gasteiger partial charge in [0.15, 0.2) is 5.78 Å². The average molecular weight is 703 g/mol. The molecule has 5 heteroatoms. The van der Waals surface area contributed by atoms with Crippen molar-refractivity contribution in [3.63, 3.8) is 0 Å². The minimum atomic E-state index is -0.416. The lowest BCUT2D eigenvalue weighted by atomic mass is 9.65. The van der Waals surface area contributed by atoms with Gasteiger partial charge in [-0.2, -0.15) is 0 Å². The quantitative estimate of drug-likeness (QED) is 0.0701. The Labute approximate surface area is 312 Å². The lowest BCUT2D eigenvalue weighted by Gasteiger charge is -2.39. The van der Waals surface area contributed by atoms with Crippen LogP contribution in [0, 0.1) is 19.3 Å². The zero-order valence-electron chi connectivity index (χ0n) is 32.7. The summed E-state index contributed by atoms with van der Waals surface area (Å²) in [6.45, 7) is 17.0. The first kappa shape index (κ1) is 38.8. The van der Waals surface area contributed by atoms with Crippen LogP contribution < -0.4 is 14.2 Å². The summed E-state index contributed by atoms with van der Waals surface area (Å²) in [6, 6.07) is 27.3. The number of esters is 1. The van der Waals surface area contributed by atoms with Crippen LogP contribution in [-0.4, -0.2) is 17.4 Å². The van der Waals surface area contributed by atoms with Gasteiger partial charge in [-0.1, -0.05) is 84.6 Å². The van der Waals surface area contributed by atoms with Gasteiger partial charge in [0.25, 0.3) is 0 Å². The van der Waals surface area contributed by atoms with Crippen LogP contribution in [0.1, 0.15) is 149 Å². The van der Waals surface area contributed by atoms with E-state index in [4.69, 9.17) is 14.2 Å². The molecule has 0 aromatic heterocycles. The van der Waals surface area contributed by atoms with E-state index in [-0.39, 0.29) is 22.2 Å². The van der Waals surface area contributed by atoms with E-state index in [9.17, 15) is 9.59 Å². The number of carbonyl (C=O) groups is 2. The second-order valence-electron chi connectivity index (χ2n) is 15.4. The molecule has 1 aliphatic carbocycles. The Bertz CT molecular complexity index is 1830. The van der Waals surface area contributed by atoms with Crippen LogP contribution in [0.25, 0.3) is 0 Å². The molecule has 0 aliphatic heterocycles. The summed E-state index contributed by atoms with van der Waals surface area (Å²) < 4.78 is 18.5. The highest BCUT2D eigenvalue weighted by molar-refractivity contribution is 6.00. The number of ether oxygens (including phenoxy) is 3. The fourth-order valence-electron chi connectivity index (χ4n) is 7.66. The number of aryl methyl sites for hydroxylation is 2. The summed E-state index contributed by atoms with van der Waals surface area (Å²) in [5, 5.41) is 0. The Morgan fingerprint density at radius 2 is 1.17 bits per heavy atom. The van der Waals surface area contributed by atoms with Crippen LogP contribution in [-0.2, 0) is 5.41 Å². The monoisotopic (exact) mass is 702 g/mol. The van der Waals surface area contributed by atoms with Crippen LogP contribution in [0.15, 0.2) is 84.9 Å².